The highest BCUT2D eigenvalue weighted by Gasteiger charge is 2.12. The third-order valence-corrected chi connectivity index (χ3v) is 3.43. The highest BCUT2D eigenvalue weighted by molar-refractivity contribution is 5.46. The van der Waals surface area contributed by atoms with Gasteiger partial charge in [0.2, 0.25) is 0 Å². The number of aryl methyl sites for hydroxylation is 1. The molecule has 0 aromatic heterocycles. The molecule has 2 aromatic carbocycles. The Morgan fingerprint density at radius 3 is 2.20 bits per heavy atom. The number of nitrogens with one attached hydrogen (secondary N) is 1. The molecular weight excluding hydrogens is 249 g/mol. The molecule has 0 aliphatic carbocycles. The van der Waals surface area contributed by atoms with Crippen molar-refractivity contribution in [3.05, 3.63) is 65.0 Å². The average Bonchev–Trinajstić information content (AvgIpc) is 2.37. The van der Waals surface area contributed by atoms with Crippen LogP contribution in [0.4, 0.5) is 10.1 Å². The molecule has 0 saturated carbocycles. The Labute approximate surface area is 120 Å². The first-order valence-electron chi connectivity index (χ1n) is 6.96. The molecule has 0 saturated heterocycles. The summed E-state index contributed by atoms with van der Waals surface area (Å²) >= 11 is 0. The second-order valence-electron chi connectivity index (χ2n) is 6.28. The highest BCUT2D eigenvalue weighted by atomic mass is 19.1. The van der Waals surface area contributed by atoms with Crippen LogP contribution in [0.25, 0.3) is 0 Å². The van der Waals surface area contributed by atoms with E-state index in [1.807, 2.05) is 13.0 Å². The van der Waals surface area contributed by atoms with Gasteiger partial charge in [0.1, 0.15) is 5.82 Å². The van der Waals surface area contributed by atoms with Gasteiger partial charge < -0.3 is 5.32 Å². The van der Waals surface area contributed by atoms with E-state index in [1.165, 1.54) is 5.56 Å². The van der Waals surface area contributed by atoms with Crippen LogP contribution in [0, 0.1) is 12.7 Å². The molecule has 0 aliphatic heterocycles. The van der Waals surface area contributed by atoms with Crippen molar-refractivity contribution in [2.45, 2.75) is 39.7 Å². The van der Waals surface area contributed by atoms with Crippen molar-refractivity contribution in [1.29, 1.82) is 0 Å². The molecule has 1 nitrogen and oxygen atoms in total. The highest BCUT2D eigenvalue weighted by Crippen LogP contribution is 2.22. The summed E-state index contributed by atoms with van der Waals surface area (Å²) in [5.41, 5.74) is 4.11. The molecular formula is C18H22FN. The first kappa shape index (κ1) is 14.6. The third kappa shape index (κ3) is 3.60. The van der Waals surface area contributed by atoms with Crippen LogP contribution in [0.3, 0.4) is 0 Å². The number of benzene rings is 2. The van der Waals surface area contributed by atoms with Crippen LogP contribution in [0.2, 0.25) is 0 Å². The number of rotatable bonds is 3. The Morgan fingerprint density at radius 2 is 1.65 bits per heavy atom. The Balaban J connectivity index is 2.04. The molecule has 106 valence electrons. The van der Waals surface area contributed by atoms with Crippen molar-refractivity contribution in [1.82, 2.24) is 0 Å². The van der Waals surface area contributed by atoms with Gasteiger partial charge in [0.25, 0.3) is 0 Å². The maximum Gasteiger partial charge on any atom is 0.146 e. The monoisotopic (exact) mass is 271 g/mol. The van der Waals surface area contributed by atoms with Crippen molar-refractivity contribution < 1.29 is 4.39 Å². The molecule has 0 amide bonds. The first-order chi connectivity index (χ1) is 9.36. The van der Waals surface area contributed by atoms with Crippen molar-refractivity contribution in [2.75, 3.05) is 5.32 Å². The second kappa shape index (κ2) is 5.66. The van der Waals surface area contributed by atoms with Crippen LogP contribution in [0.1, 0.15) is 37.5 Å². The van der Waals surface area contributed by atoms with E-state index in [4.69, 9.17) is 0 Å². The minimum absolute atomic E-state index is 0.162. The van der Waals surface area contributed by atoms with Gasteiger partial charge in [0, 0.05) is 6.54 Å². The summed E-state index contributed by atoms with van der Waals surface area (Å²) in [6.07, 6.45) is 0. The Kier molecular flexibility index (Phi) is 4.12. The summed E-state index contributed by atoms with van der Waals surface area (Å²) in [4.78, 5) is 0. The molecule has 2 aromatic rings. The maximum absolute atomic E-state index is 13.7. The summed E-state index contributed by atoms with van der Waals surface area (Å²) in [5.74, 6) is -0.198. The summed E-state index contributed by atoms with van der Waals surface area (Å²) < 4.78 is 13.7. The zero-order valence-corrected chi connectivity index (χ0v) is 12.6. The van der Waals surface area contributed by atoms with Gasteiger partial charge in [-0.15, -0.1) is 0 Å². The van der Waals surface area contributed by atoms with Crippen LogP contribution in [0.15, 0.2) is 42.5 Å². The lowest BCUT2D eigenvalue weighted by atomic mass is 9.87. The van der Waals surface area contributed by atoms with Gasteiger partial charge in [0.15, 0.2) is 0 Å². The molecule has 0 fully saturated rings. The summed E-state index contributed by atoms with van der Waals surface area (Å²) in [5, 5.41) is 3.14. The number of hydrogen-bond acceptors (Lipinski definition) is 1. The lowest BCUT2D eigenvalue weighted by molar-refractivity contribution is 0.590. The molecule has 0 bridgehead atoms. The molecule has 2 heteroatoms. The fourth-order valence-corrected chi connectivity index (χ4v) is 2.08. The van der Waals surface area contributed by atoms with E-state index in [2.05, 4.69) is 50.4 Å². The zero-order valence-electron chi connectivity index (χ0n) is 12.6. The average molecular weight is 271 g/mol. The van der Waals surface area contributed by atoms with E-state index in [1.54, 1.807) is 12.1 Å². The van der Waals surface area contributed by atoms with E-state index in [0.29, 0.717) is 12.2 Å². The molecule has 1 N–H and O–H groups in total. The zero-order chi connectivity index (χ0) is 14.8. The molecule has 0 heterocycles. The van der Waals surface area contributed by atoms with E-state index < -0.39 is 0 Å². The fraction of sp³-hybridized carbons (Fsp3) is 0.333. The van der Waals surface area contributed by atoms with Crippen molar-refractivity contribution in [3.8, 4) is 0 Å². The summed E-state index contributed by atoms with van der Waals surface area (Å²) in [6, 6.07) is 13.7. The van der Waals surface area contributed by atoms with Gasteiger partial charge >= 0.3 is 0 Å². The molecule has 0 radical (unpaired) electrons. The fourth-order valence-electron chi connectivity index (χ4n) is 2.08. The van der Waals surface area contributed by atoms with E-state index >= 15 is 0 Å². The van der Waals surface area contributed by atoms with Crippen molar-refractivity contribution >= 4 is 5.69 Å². The Hall–Kier alpha value is -1.83. The lowest BCUT2D eigenvalue weighted by Gasteiger charge is -2.19. The normalized spacial score (nSPS) is 11.4. The van der Waals surface area contributed by atoms with Crippen molar-refractivity contribution in [2.24, 2.45) is 0 Å². The van der Waals surface area contributed by atoms with Gasteiger partial charge in [-0.1, -0.05) is 51.1 Å². The Bertz CT molecular complexity index is 579. The number of halogens is 1. The quantitative estimate of drug-likeness (QED) is 0.824. The van der Waals surface area contributed by atoms with Crippen LogP contribution in [-0.4, -0.2) is 0 Å². The lowest BCUT2D eigenvalue weighted by Crippen LogP contribution is -2.11. The molecule has 2 rings (SSSR count). The van der Waals surface area contributed by atoms with E-state index in [0.717, 1.165) is 11.1 Å². The van der Waals surface area contributed by atoms with Gasteiger partial charge in [-0.3, -0.25) is 0 Å². The van der Waals surface area contributed by atoms with Crippen LogP contribution in [-0.2, 0) is 12.0 Å². The minimum Gasteiger partial charge on any atom is -0.379 e. The predicted octanol–water partition coefficient (Wildman–Crippen LogP) is 5.04. The number of hydrogen-bond donors (Lipinski definition) is 1. The molecule has 0 unspecified atom stereocenters. The summed E-state index contributed by atoms with van der Waals surface area (Å²) in [7, 11) is 0. The minimum atomic E-state index is -0.198. The SMILES string of the molecule is Cc1ccc(NCc2ccc(C(C)(C)C)cc2)c(F)c1. The number of anilines is 1. The summed E-state index contributed by atoms with van der Waals surface area (Å²) in [6.45, 7) is 9.11. The second-order valence-corrected chi connectivity index (χ2v) is 6.28. The molecule has 0 aliphatic rings. The van der Waals surface area contributed by atoms with E-state index in [9.17, 15) is 4.39 Å². The van der Waals surface area contributed by atoms with Crippen LogP contribution >= 0.6 is 0 Å². The van der Waals surface area contributed by atoms with E-state index in [-0.39, 0.29) is 11.2 Å². The third-order valence-electron chi connectivity index (χ3n) is 3.43. The van der Waals surface area contributed by atoms with Gasteiger partial charge in [-0.05, 0) is 41.2 Å². The molecule has 20 heavy (non-hydrogen) atoms. The van der Waals surface area contributed by atoms with Crippen LogP contribution < -0.4 is 5.32 Å². The first-order valence-corrected chi connectivity index (χ1v) is 6.96. The largest absolute Gasteiger partial charge is 0.379 e. The Morgan fingerprint density at radius 1 is 1.00 bits per heavy atom. The van der Waals surface area contributed by atoms with Gasteiger partial charge in [-0.25, -0.2) is 4.39 Å². The van der Waals surface area contributed by atoms with Crippen molar-refractivity contribution in [3.63, 3.8) is 0 Å². The standard InChI is InChI=1S/C18H22FN/c1-13-5-10-17(16(19)11-13)20-12-14-6-8-15(9-7-14)18(2,3)4/h5-11,20H,12H2,1-4H3. The maximum atomic E-state index is 13.7. The van der Waals surface area contributed by atoms with Gasteiger partial charge in [0.05, 0.1) is 5.69 Å². The topological polar surface area (TPSA) is 12.0 Å². The molecule has 0 spiro atoms. The smallest absolute Gasteiger partial charge is 0.146 e. The molecule has 0 atom stereocenters. The predicted molar refractivity (Wildman–Crippen MR) is 83.6 cm³/mol. The van der Waals surface area contributed by atoms with Gasteiger partial charge in [-0.2, -0.15) is 0 Å². The van der Waals surface area contributed by atoms with Crippen LogP contribution in [0.5, 0.6) is 0 Å².